The summed E-state index contributed by atoms with van der Waals surface area (Å²) in [4.78, 5) is 45.3. The summed E-state index contributed by atoms with van der Waals surface area (Å²) in [5.74, 6) is -1.30. The first-order valence-corrected chi connectivity index (χ1v) is 12.9. The number of amides is 2. The number of ketones is 1. The van der Waals surface area contributed by atoms with Crippen molar-refractivity contribution in [2.75, 3.05) is 45.2 Å². The first-order chi connectivity index (χ1) is 17.9. The number of likely N-dealkylation sites (tertiary alicyclic amines) is 1. The van der Waals surface area contributed by atoms with Crippen LogP contribution in [-0.4, -0.2) is 72.3 Å². The first kappa shape index (κ1) is 25.1. The van der Waals surface area contributed by atoms with E-state index in [4.69, 9.17) is 4.74 Å². The van der Waals surface area contributed by atoms with Gasteiger partial charge in [-0.25, -0.2) is 9.40 Å². The summed E-state index contributed by atoms with van der Waals surface area (Å²) < 4.78 is 18.6. The van der Waals surface area contributed by atoms with Crippen LogP contribution in [0, 0.1) is 11.7 Å². The van der Waals surface area contributed by atoms with Crippen LogP contribution in [0.4, 0.5) is 10.2 Å². The van der Waals surface area contributed by atoms with E-state index < -0.39 is 17.6 Å². The van der Waals surface area contributed by atoms with Crippen molar-refractivity contribution >= 4 is 23.4 Å². The van der Waals surface area contributed by atoms with Crippen LogP contribution in [0.25, 0.3) is 0 Å². The highest BCUT2D eigenvalue weighted by molar-refractivity contribution is 6.38. The maximum atomic E-state index is 13.5. The minimum Gasteiger partial charge on any atom is -0.480 e. The van der Waals surface area contributed by atoms with Gasteiger partial charge in [-0.3, -0.25) is 19.8 Å². The van der Waals surface area contributed by atoms with Crippen LogP contribution >= 0.6 is 0 Å². The Kier molecular flexibility index (Phi) is 7.36. The average Bonchev–Trinajstić information content (AvgIpc) is 3.58. The number of aromatic nitrogens is 1. The molecule has 9 nitrogen and oxygen atoms in total. The lowest BCUT2D eigenvalue weighted by Crippen LogP contribution is -2.45. The molecule has 4 heterocycles. The van der Waals surface area contributed by atoms with Gasteiger partial charge in [0.25, 0.3) is 5.91 Å². The normalized spacial score (nSPS) is 19.8. The van der Waals surface area contributed by atoms with Gasteiger partial charge in [0.15, 0.2) is 0 Å². The Hall–Kier alpha value is -3.53. The predicted octanol–water partition coefficient (Wildman–Crippen LogP) is 2.53. The van der Waals surface area contributed by atoms with E-state index in [1.54, 1.807) is 16.0 Å². The molecule has 2 amide bonds. The van der Waals surface area contributed by atoms with Crippen molar-refractivity contribution < 1.29 is 23.5 Å². The highest BCUT2D eigenvalue weighted by atomic mass is 19.1. The van der Waals surface area contributed by atoms with Gasteiger partial charge < -0.3 is 15.0 Å². The molecule has 2 saturated heterocycles. The number of benzene rings is 1. The molecular weight excluding hydrogens is 477 g/mol. The van der Waals surface area contributed by atoms with Gasteiger partial charge in [0.05, 0.1) is 13.0 Å². The minimum atomic E-state index is -0.719. The second-order valence-corrected chi connectivity index (χ2v) is 9.98. The van der Waals surface area contributed by atoms with Crippen molar-refractivity contribution in [2.45, 2.75) is 38.0 Å². The molecule has 1 unspecified atom stereocenters. The van der Waals surface area contributed by atoms with Gasteiger partial charge in [0.2, 0.25) is 11.7 Å². The standard InChI is InChI=1S/C27H32FN5O4/c1-37-26-21(27(36)32-12-8-18(9-13-32)14-17-4-6-19(28)7-5-17)15-20-22(16-29-24(20)30-26)23(34)25(35)31-33-10-2-3-11-33/h4-7,15,18,22H,2-3,8-14,16H2,1H3,(H,29,30)(H,31,35). The molecule has 3 aliphatic heterocycles. The maximum Gasteiger partial charge on any atom is 0.302 e. The van der Waals surface area contributed by atoms with Gasteiger partial charge in [-0.1, -0.05) is 12.1 Å². The number of hydrogen-bond acceptors (Lipinski definition) is 7. The number of methoxy groups -OCH3 is 1. The predicted molar refractivity (Wildman–Crippen MR) is 135 cm³/mol. The average molecular weight is 510 g/mol. The smallest absolute Gasteiger partial charge is 0.302 e. The van der Waals surface area contributed by atoms with E-state index >= 15 is 0 Å². The number of hydrogen-bond donors (Lipinski definition) is 2. The number of rotatable bonds is 7. The largest absolute Gasteiger partial charge is 0.480 e. The number of halogens is 1. The van der Waals surface area contributed by atoms with Crippen molar-refractivity contribution in [3.05, 3.63) is 52.8 Å². The van der Waals surface area contributed by atoms with Gasteiger partial charge >= 0.3 is 5.91 Å². The summed E-state index contributed by atoms with van der Waals surface area (Å²) in [5.41, 5.74) is 4.62. The lowest BCUT2D eigenvalue weighted by atomic mass is 9.90. The molecule has 0 radical (unpaired) electrons. The number of nitrogens with one attached hydrogen (secondary N) is 2. The SMILES string of the molecule is COc1nc2c(cc1C(=O)N1CCC(Cc3ccc(F)cc3)CC1)C(C(=O)C(=O)NN1CCCC1)CN2. The van der Waals surface area contributed by atoms with Crippen molar-refractivity contribution in [2.24, 2.45) is 5.92 Å². The van der Waals surface area contributed by atoms with Crippen LogP contribution in [0.1, 0.15) is 53.1 Å². The van der Waals surface area contributed by atoms with Crippen molar-refractivity contribution in [1.82, 2.24) is 20.3 Å². The van der Waals surface area contributed by atoms with Crippen LogP contribution in [0.2, 0.25) is 0 Å². The Morgan fingerprint density at radius 3 is 2.49 bits per heavy atom. The molecule has 1 atom stereocenters. The maximum absolute atomic E-state index is 13.5. The summed E-state index contributed by atoms with van der Waals surface area (Å²) in [6.45, 7) is 2.88. The Morgan fingerprint density at radius 1 is 1.11 bits per heavy atom. The van der Waals surface area contributed by atoms with Crippen LogP contribution in [0.3, 0.4) is 0 Å². The fourth-order valence-electron chi connectivity index (χ4n) is 5.42. The monoisotopic (exact) mass is 509 g/mol. The number of anilines is 1. The molecule has 0 bridgehead atoms. The van der Waals surface area contributed by atoms with Gasteiger partial charge in [0.1, 0.15) is 17.2 Å². The Labute approximate surface area is 215 Å². The molecule has 2 N–H and O–H groups in total. The number of fused-ring (bicyclic) bond motifs is 1. The molecule has 1 aromatic carbocycles. The quantitative estimate of drug-likeness (QED) is 0.553. The van der Waals surface area contributed by atoms with E-state index in [1.165, 1.54) is 19.2 Å². The van der Waals surface area contributed by atoms with Crippen molar-refractivity contribution in [3.8, 4) is 5.88 Å². The molecule has 2 fully saturated rings. The Morgan fingerprint density at radius 2 is 1.81 bits per heavy atom. The number of Topliss-reactive ketones (excluding diaryl/α,β-unsaturated/α-hetero) is 1. The molecule has 1 aromatic heterocycles. The molecule has 196 valence electrons. The zero-order valence-corrected chi connectivity index (χ0v) is 21.0. The summed E-state index contributed by atoms with van der Waals surface area (Å²) in [6, 6.07) is 8.23. The van der Waals surface area contributed by atoms with Crippen molar-refractivity contribution in [3.63, 3.8) is 0 Å². The van der Waals surface area contributed by atoms with Crippen LogP contribution in [-0.2, 0) is 16.0 Å². The van der Waals surface area contributed by atoms with Gasteiger partial charge in [-0.05, 0) is 61.8 Å². The molecule has 3 aliphatic rings. The van der Waals surface area contributed by atoms with Crippen LogP contribution < -0.4 is 15.5 Å². The highest BCUT2D eigenvalue weighted by Crippen LogP contribution is 2.35. The van der Waals surface area contributed by atoms with Crippen LogP contribution in [0.5, 0.6) is 5.88 Å². The van der Waals surface area contributed by atoms with Crippen LogP contribution in [0.15, 0.2) is 30.3 Å². The fraction of sp³-hybridized carbons (Fsp3) is 0.481. The zero-order valence-electron chi connectivity index (χ0n) is 21.0. The zero-order chi connectivity index (χ0) is 25.9. The van der Waals surface area contributed by atoms with Gasteiger partial charge in [-0.15, -0.1) is 0 Å². The van der Waals surface area contributed by atoms with Crippen molar-refractivity contribution in [1.29, 1.82) is 0 Å². The second-order valence-electron chi connectivity index (χ2n) is 9.98. The molecule has 0 saturated carbocycles. The lowest BCUT2D eigenvalue weighted by Gasteiger charge is -2.32. The van der Waals surface area contributed by atoms with E-state index in [1.807, 2.05) is 12.1 Å². The molecule has 10 heteroatoms. The van der Waals surface area contributed by atoms with E-state index in [-0.39, 0.29) is 24.1 Å². The molecule has 0 spiro atoms. The summed E-state index contributed by atoms with van der Waals surface area (Å²) in [5, 5.41) is 4.85. The third-order valence-electron chi connectivity index (χ3n) is 7.54. The topological polar surface area (TPSA) is 104 Å². The lowest BCUT2D eigenvalue weighted by molar-refractivity contribution is -0.141. The molecule has 2 aromatic rings. The number of pyridine rings is 1. The number of carbonyl (C=O) groups excluding carboxylic acids is 3. The Balaban J connectivity index is 1.26. The molecule has 0 aliphatic carbocycles. The summed E-state index contributed by atoms with van der Waals surface area (Å²) in [6.07, 6.45) is 4.50. The van der Waals surface area contributed by atoms with Gasteiger partial charge in [-0.2, -0.15) is 4.98 Å². The van der Waals surface area contributed by atoms with E-state index in [9.17, 15) is 18.8 Å². The number of ether oxygens (including phenoxy) is 1. The number of nitrogens with zero attached hydrogens (tertiary/aromatic N) is 3. The third kappa shape index (κ3) is 5.44. The fourth-order valence-corrected chi connectivity index (χ4v) is 5.42. The Bertz CT molecular complexity index is 1170. The van der Waals surface area contributed by atoms with E-state index in [0.29, 0.717) is 36.0 Å². The highest BCUT2D eigenvalue weighted by Gasteiger charge is 2.37. The molecule has 5 rings (SSSR count). The number of hydrazine groups is 1. The van der Waals surface area contributed by atoms with E-state index in [0.717, 1.165) is 50.8 Å². The summed E-state index contributed by atoms with van der Waals surface area (Å²) in [7, 11) is 1.46. The summed E-state index contributed by atoms with van der Waals surface area (Å²) >= 11 is 0. The first-order valence-electron chi connectivity index (χ1n) is 12.9. The van der Waals surface area contributed by atoms with Gasteiger partial charge in [0, 0.05) is 38.3 Å². The minimum absolute atomic E-state index is 0.194. The van der Waals surface area contributed by atoms with E-state index in [2.05, 4.69) is 15.7 Å². The third-order valence-corrected chi connectivity index (χ3v) is 7.54. The number of piperidine rings is 1. The second kappa shape index (κ2) is 10.8. The molecule has 37 heavy (non-hydrogen) atoms. The molecular formula is C27H32FN5O4. The number of carbonyl (C=O) groups is 3.